The third kappa shape index (κ3) is 3.85. The molecule has 0 aliphatic carbocycles. The molecule has 1 amide bonds. The number of carbonyl (C=O) groups excluding carboxylic acids is 1. The molecule has 0 N–H and O–H groups in total. The van der Waals surface area contributed by atoms with Gasteiger partial charge in [0.15, 0.2) is 0 Å². The minimum absolute atomic E-state index is 0.0890. The maximum absolute atomic E-state index is 12.7. The summed E-state index contributed by atoms with van der Waals surface area (Å²) in [6.07, 6.45) is 3.16. The molecule has 3 heterocycles. The van der Waals surface area contributed by atoms with Crippen LogP contribution in [0.5, 0.6) is 0 Å². The zero-order valence-corrected chi connectivity index (χ0v) is 14.9. The zero-order valence-electron chi connectivity index (χ0n) is 14.9. The van der Waals surface area contributed by atoms with Gasteiger partial charge in [0.1, 0.15) is 5.69 Å². The number of fused-ring (bicyclic) bond motifs is 1. The minimum atomic E-state index is -0.0961. The highest BCUT2D eigenvalue weighted by molar-refractivity contribution is 5.93. The van der Waals surface area contributed by atoms with E-state index in [9.17, 15) is 9.59 Å². The molecule has 1 saturated heterocycles. The van der Waals surface area contributed by atoms with Gasteiger partial charge in [0.05, 0.1) is 23.8 Å². The molecule has 0 atom stereocenters. The lowest BCUT2D eigenvalue weighted by atomic mass is 10.2. The molecule has 1 aliphatic rings. The maximum atomic E-state index is 12.7. The lowest BCUT2D eigenvalue weighted by Gasteiger charge is -2.34. The molecule has 27 heavy (non-hydrogen) atoms. The minimum Gasteiger partial charge on any atom is -0.335 e. The second kappa shape index (κ2) is 7.63. The van der Waals surface area contributed by atoms with Gasteiger partial charge in [-0.1, -0.05) is 12.1 Å². The SMILES string of the molecule is O=C(c1cnc2ccccc2n1)N1CCN(CCn2ncccc2=O)CC1. The number of aromatic nitrogens is 4. The molecular weight excluding hydrogens is 344 g/mol. The molecule has 0 radical (unpaired) electrons. The highest BCUT2D eigenvalue weighted by Crippen LogP contribution is 2.11. The van der Waals surface area contributed by atoms with Crippen molar-refractivity contribution in [2.75, 3.05) is 32.7 Å². The Labute approximate surface area is 156 Å². The van der Waals surface area contributed by atoms with Crippen molar-refractivity contribution in [1.29, 1.82) is 0 Å². The molecule has 4 rings (SSSR count). The monoisotopic (exact) mass is 364 g/mol. The Bertz CT molecular complexity index is 1010. The van der Waals surface area contributed by atoms with Crippen LogP contribution in [0, 0.1) is 0 Å². The van der Waals surface area contributed by atoms with Gasteiger partial charge in [0.2, 0.25) is 0 Å². The van der Waals surface area contributed by atoms with Gasteiger partial charge in [-0.2, -0.15) is 5.10 Å². The molecule has 1 aromatic carbocycles. The van der Waals surface area contributed by atoms with Crippen LogP contribution in [-0.4, -0.2) is 68.2 Å². The average Bonchev–Trinajstić information content (AvgIpc) is 2.73. The van der Waals surface area contributed by atoms with E-state index in [1.165, 1.54) is 10.7 Å². The number of para-hydroxylation sites is 2. The summed E-state index contributed by atoms with van der Waals surface area (Å²) in [6, 6.07) is 10.7. The van der Waals surface area contributed by atoms with Crippen LogP contribution < -0.4 is 5.56 Å². The molecule has 0 spiro atoms. The maximum Gasteiger partial charge on any atom is 0.274 e. The van der Waals surface area contributed by atoms with Crippen molar-refractivity contribution in [3.8, 4) is 0 Å². The molecule has 0 saturated carbocycles. The third-order valence-electron chi connectivity index (χ3n) is 4.74. The Morgan fingerprint density at radius 3 is 2.52 bits per heavy atom. The van der Waals surface area contributed by atoms with Gasteiger partial charge in [0.25, 0.3) is 11.5 Å². The molecule has 3 aromatic rings. The number of hydrogen-bond acceptors (Lipinski definition) is 6. The molecule has 8 nitrogen and oxygen atoms in total. The summed E-state index contributed by atoms with van der Waals surface area (Å²) in [6.45, 7) is 4.05. The van der Waals surface area contributed by atoms with Gasteiger partial charge < -0.3 is 4.90 Å². The first-order valence-electron chi connectivity index (χ1n) is 8.96. The van der Waals surface area contributed by atoms with Crippen molar-refractivity contribution in [3.05, 3.63) is 64.8 Å². The van der Waals surface area contributed by atoms with E-state index >= 15 is 0 Å². The number of nitrogens with zero attached hydrogens (tertiary/aromatic N) is 6. The Morgan fingerprint density at radius 2 is 1.74 bits per heavy atom. The summed E-state index contributed by atoms with van der Waals surface area (Å²) in [5.41, 5.74) is 1.79. The predicted octanol–water partition coefficient (Wildman–Crippen LogP) is 0.644. The summed E-state index contributed by atoms with van der Waals surface area (Å²) in [4.78, 5) is 37.2. The summed E-state index contributed by atoms with van der Waals surface area (Å²) >= 11 is 0. The average molecular weight is 364 g/mol. The van der Waals surface area contributed by atoms with Crippen molar-refractivity contribution in [3.63, 3.8) is 0 Å². The van der Waals surface area contributed by atoms with E-state index in [4.69, 9.17) is 0 Å². The standard InChI is InChI=1S/C19H20N6O2/c26-18-6-3-7-21-25(18)13-10-23-8-11-24(12-9-23)19(27)17-14-20-15-4-1-2-5-16(15)22-17/h1-7,14H,8-13H2. The third-order valence-corrected chi connectivity index (χ3v) is 4.74. The predicted molar refractivity (Wildman–Crippen MR) is 100 cm³/mol. The van der Waals surface area contributed by atoms with Gasteiger partial charge in [-0.3, -0.25) is 19.5 Å². The zero-order chi connectivity index (χ0) is 18.6. The Balaban J connectivity index is 1.34. The van der Waals surface area contributed by atoms with Crippen LogP contribution in [0.4, 0.5) is 0 Å². The van der Waals surface area contributed by atoms with Crippen LogP contribution in [0.1, 0.15) is 10.5 Å². The van der Waals surface area contributed by atoms with Crippen LogP contribution in [0.15, 0.2) is 53.6 Å². The van der Waals surface area contributed by atoms with Crippen LogP contribution in [0.2, 0.25) is 0 Å². The topological polar surface area (TPSA) is 84.2 Å². The number of hydrogen-bond donors (Lipinski definition) is 0. The lowest BCUT2D eigenvalue weighted by molar-refractivity contribution is 0.0625. The molecule has 138 valence electrons. The largest absolute Gasteiger partial charge is 0.335 e. The molecule has 8 heteroatoms. The number of piperazine rings is 1. The van der Waals surface area contributed by atoms with Crippen LogP contribution in [-0.2, 0) is 6.54 Å². The second-order valence-corrected chi connectivity index (χ2v) is 6.46. The normalized spacial score (nSPS) is 15.2. The highest BCUT2D eigenvalue weighted by Gasteiger charge is 2.23. The number of amides is 1. The molecule has 0 bridgehead atoms. The molecule has 1 fully saturated rings. The van der Waals surface area contributed by atoms with E-state index < -0.39 is 0 Å². The van der Waals surface area contributed by atoms with Crippen molar-refractivity contribution in [2.45, 2.75) is 6.54 Å². The van der Waals surface area contributed by atoms with Crippen molar-refractivity contribution in [1.82, 2.24) is 29.5 Å². The van der Waals surface area contributed by atoms with Gasteiger partial charge in [-0.05, 0) is 18.2 Å². The molecular formula is C19H20N6O2. The molecule has 1 aliphatic heterocycles. The van der Waals surface area contributed by atoms with Crippen LogP contribution in [0.25, 0.3) is 11.0 Å². The van der Waals surface area contributed by atoms with E-state index in [-0.39, 0.29) is 11.5 Å². The summed E-state index contributed by atoms with van der Waals surface area (Å²) in [5, 5.41) is 4.07. The Morgan fingerprint density at radius 1 is 0.963 bits per heavy atom. The number of benzene rings is 1. The summed E-state index contributed by atoms with van der Waals surface area (Å²) < 4.78 is 1.46. The van der Waals surface area contributed by atoms with Crippen molar-refractivity contribution < 1.29 is 4.79 Å². The van der Waals surface area contributed by atoms with Crippen molar-refractivity contribution in [2.24, 2.45) is 0 Å². The molecule has 0 unspecified atom stereocenters. The smallest absolute Gasteiger partial charge is 0.274 e. The van der Waals surface area contributed by atoms with E-state index in [1.807, 2.05) is 29.2 Å². The second-order valence-electron chi connectivity index (χ2n) is 6.46. The Hall–Kier alpha value is -3.13. The first-order chi connectivity index (χ1) is 13.2. The summed E-state index contributed by atoms with van der Waals surface area (Å²) in [7, 11) is 0. The van der Waals surface area contributed by atoms with E-state index in [0.717, 1.165) is 30.7 Å². The first-order valence-corrected chi connectivity index (χ1v) is 8.96. The first kappa shape index (κ1) is 17.3. The fourth-order valence-electron chi connectivity index (χ4n) is 3.19. The quantitative estimate of drug-likeness (QED) is 0.676. The highest BCUT2D eigenvalue weighted by atomic mass is 16.2. The fraction of sp³-hybridized carbons (Fsp3) is 0.316. The Kier molecular flexibility index (Phi) is 4.88. The lowest BCUT2D eigenvalue weighted by Crippen LogP contribution is -2.49. The number of rotatable bonds is 4. The van der Waals surface area contributed by atoms with Gasteiger partial charge >= 0.3 is 0 Å². The van der Waals surface area contributed by atoms with Gasteiger partial charge in [-0.15, -0.1) is 0 Å². The van der Waals surface area contributed by atoms with Crippen LogP contribution >= 0.6 is 0 Å². The number of carbonyl (C=O) groups is 1. The van der Waals surface area contributed by atoms with E-state index in [2.05, 4.69) is 20.0 Å². The van der Waals surface area contributed by atoms with E-state index in [0.29, 0.717) is 25.3 Å². The fourth-order valence-corrected chi connectivity index (χ4v) is 3.19. The van der Waals surface area contributed by atoms with Gasteiger partial charge in [-0.25, -0.2) is 9.67 Å². The van der Waals surface area contributed by atoms with Gasteiger partial charge in [0, 0.05) is 45.0 Å². The van der Waals surface area contributed by atoms with E-state index in [1.54, 1.807) is 18.5 Å². The summed E-state index contributed by atoms with van der Waals surface area (Å²) in [5.74, 6) is -0.0890. The van der Waals surface area contributed by atoms with Crippen molar-refractivity contribution >= 4 is 16.9 Å². The molecule has 2 aromatic heterocycles. The van der Waals surface area contributed by atoms with Crippen LogP contribution in [0.3, 0.4) is 0 Å².